The number of aliphatic hydroxyl groups is 2. The summed E-state index contributed by atoms with van der Waals surface area (Å²) in [4.78, 5) is 1.93. The molecule has 0 saturated carbocycles. The highest BCUT2D eigenvalue weighted by Gasteiger charge is 2.22. The van der Waals surface area contributed by atoms with E-state index in [0.717, 1.165) is 32.8 Å². The maximum Gasteiger partial charge on any atom is 0.175 e. The van der Waals surface area contributed by atoms with Crippen molar-refractivity contribution in [2.75, 3.05) is 330 Å². The Balaban J connectivity index is 0.688. The normalized spacial score (nSPS) is 13.6. The number of ether oxygens (including phenoxy) is 27. The largest absolute Gasteiger partial charge is 0.485 e. The van der Waals surface area contributed by atoms with Crippen LogP contribution in [0.2, 0.25) is 0 Å². The zero-order chi connectivity index (χ0) is 65.3. The first-order valence-electron chi connectivity index (χ1n) is 32.6. The summed E-state index contributed by atoms with van der Waals surface area (Å²) in [6, 6.07) is 0. The second kappa shape index (κ2) is 64.3. The van der Waals surface area contributed by atoms with Crippen molar-refractivity contribution in [3.63, 3.8) is 0 Å². The fourth-order valence-electron chi connectivity index (χ4n) is 7.83. The summed E-state index contributed by atoms with van der Waals surface area (Å²) in [5.41, 5.74) is 0. The molecule has 2 atom stereocenters. The molecule has 2 unspecified atom stereocenters. The van der Waals surface area contributed by atoms with E-state index in [-0.39, 0.29) is 13.2 Å². The van der Waals surface area contributed by atoms with Gasteiger partial charge in [0.2, 0.25) is 0 Å². The lowest BCUT2D eigenvalue weighted by Crippen LogP contribution is -2.21. The quantitative estimate of drug-likeness (QED) is 0.0898. The molecule has 544 valence electrons. The van der Waals surface area contributed by atoms with Gasteiger partial charge in [-0.3, -0.25) is 0 Å². The molecule has 0 bridgehead atoms. The smallest absolute Gasteiger partial charge is 0.175 e. The number of hydrogen-bond donors (Lipinski definition) is 2. The lowest BCUT2D eigenvalue weighted by atomic mass is 10.2. The van der Waals surface area contributed by atoms with Gasteiger partial charge in [-0.05, 0) is 0 Å². The van der Waals surface area contributed by atoms with Gasteiger partial charge in [0.25, 0.3) is 0 Å². The van der Waals surface area contributed by atoms with Crippen LogP contribution in [-0.4, -0.2) is 353 Å². The molecule has 0 saturated heterocycles. The molecule has 0 aliphatic carbocycles. The van der Waals surface area contributed by atoms with Crippen molar-refractivity contribution in [1.29, 1.82) is 0 Å². The second-order valence-corrected chi connectivity index (χ2v) is 21.8. The molecule has 4 rings (SSSR count). The van der Waals surface area contributed by atoms with Crippen molar-refractivity contribution >= 4 is 22.7 Å². The number of rotatable bonds is 74. The molecule has 4 heterocycles. The maximum absolute atomic E-state index is 10.3. The van der Waals surface area contributed by atoms with Crippen LogP contribution in [0.4, 0.5) is 0 Å². The van der Waals surface area contributed by atoms with Crippen LogP contribution in [-0.2, 0) is 122 Å². The maximum atomic E-state index is 10.3. The predicted octanol–water partition coefficient (Wildman–Crippen LogP) is 2.24. The van der Waals surface area contributed by atoms with Gasteiger partial charge in [-0.15, -0.1) is 22.7 Å². The summed E-state index contributed by atoms with van der Waals surface area (Å²) in [5.74, 6) is 2.99. The van der Waals surface area contributed by atoms with Gasteiger partial charge in [-0.2, -0.15) is 0 Å². The van der Waals surface area contributed by atoms with Gasteiger partial charge >= 0.3 is 0 Å². The summed E-state index contributed by atoms with van der Waals surface area (Å²) in [6.45, 7) is 23.2. The molecule has 0 fully saturated rings. The zero-order valence-corrected chi connectivity index (χ0v) is 56.4. The fourth-order valence-corrected chi connectivity index (χ4v) is 9.79. The third-order valence-electron chi connectivity index (χ3n) is 12.4. The minimum atomic E-state index is -0.622. The van der Waals surface area contributed by atoms with E-state index in [1.165, 1.54) is 22.7 Å². The van der Waals surface area contributed by atoms with E-state index in [4.69, 9.17) is 128 Å². The monoisotopic (exact) mass is 1380 g/mol. The summed E-state index contributed by atoms with van der Waals surface area (Å²) in [6.07, 6.45) is -0.321. The Hall–Kier alpha value is -2.40. The Morgan fingerprint density at radius 3 is 0.559 bits per heavy atom. The van der Waals surface area contributed by atoms with Gasteiger partial charge in [0.05, 0.1) is 326 Å². The van der Waals surface area contributed by atoms with E-state index < -0.39 is 12.2 Å². The van der Waals surface area contributed by atoms with Crippen molar-refractivity contribution in [2.24, 2.45) is 0 Å². The van der Waals surface area contributed by atoms with Crippen LogP contribution in [0.25, 0.3) is 0 Å². The number of hydrogen-bond acceptors (Lipinski definition) is 31. The molecule has 93 heavy (non-hydrogen) atoms. The Labute approximate surface area is 557 Å². The molecule has 0 aromatic carbocycles. The Morgan fingerprint density at radius 2 is 0.387 bits per heavy atom. The molecular weight excluding hydrogens is 1270 g/mol. The van der Waals surface area contributed by atoms with E-state index in [9.17, 15) is 10.2 Å². The Morgan fingerprint density at radius 1 is 0.237 bits per heavy atom. The van der Waals surface area contributed by atoms with Crippen LogP contribution in [0.15, 0.2) is 10.8 Å². The fraction of sp³-hybridized carbons (Fsp3) is 0.871. The Bertz CT molecular complexity index is 1750. The molecule has 2 N–H and O–H groups in total. The third-order valence-corrected chi connectivity index (χ3v) is 14.3. The standard InChI is InChI=1S/C62H110O29S2/c63-55(49-59-61-57(53-92-59)88-45-47-90-61)51-86-43-41-84-39-37-82-35-33-80-31-29-78-27-25-76-23-21-74-19-17-72-15-13-70-11-9-68-7-5-66-3-1-65-2-4-67-6-8-69-10-12-71-14-16-73-18-20-75-22-24-77-26-28-79-30-32-81-34-36-83-38-40-85-42-44-87-52-56(64)50-60-62-58(54-93-60)89-46-48-91-62/h53-56,63-64H,1-52H2. The molecule has 2 aliphatic heterocycles. The van der Waals surface area contributed by atoms with Gasteiger partial charge in [-0.1, -0.05) is 0 Å². The number of aliphatic hydroxyl groups excluding tert-OH is 2. The van der Waals surface area contributed by atoms with Crippen molar-refractivity contribution in [2.45, 2.75) is 25.0 Å². The highest BCUT2D eigenvalue weighted by Crippen LogP contribution is 2.41. The highest BCUT2D eigenvalue weighted by molar-refractivity contribution is 7.11. The summed E-state index contributed by atoms with van der Waals surface area (Å²) >= 11 is 3.05. The zero-order valence-electron chi connectivity index (χ0n) is 54.8. The highest BCUT2D eigenvalue weighted by atomic mass is 32.1. The SMILES string of the molecule is OC(COCCOCCOCCOCCOCCOCCOCCOCCOCCOCCOCCOCCOCCOCCOCCOCCOCCOCCOCCOCCOCCOCCOCC(O)Cc1scc2c1OCCO2)Cc1scc2c1OCCO2. The minimum absolute atomic E-state index is 0.223. The van der Waals surface area contributed by atoms with Gasteiger partial charge in [0, 0.05) is 23.6 Å². The van der Waals surface area contributed by atoms with E-state index >= 15 is 0 Å². The molecule has 2 aromatic heterocycles. The average Bonchev–Trinajstić information content (AvgIpc) is 1.80. The van der Waals surface area contributed by atoms with E-state index in [1.54, 1.807) is 0 Å². The van der Waals surface area contributed by atoms with Crippen molar-refractivity contribution in [3.8, 4) is 23.0 Å². The summed E-state index contributed by atoms with van der Waals surface area (Å²) < 4.78 is 150. The van der Waals surface area contributed by atoms with Crippen LogP contribution >= 0.6 is 22.7 Å². The van der Waals surface area contributed by atoms with Crippen LogP contribution in [0, 0.1) is 0 Å². The molecule has 31 heteroatoms. The predicted molar refractivity (Wildman–Crippen MR) is 339 cm³/mol. The Kier molecular flexibility index (Phi) is 57.4. The van der Waals surface area contributed by atoms with Gasteiger partial charge < -0.3 is 138 Å². The lowest BCUT2D eigenvalue weighted by Gasteiger charge is -2.17. The number of fused-ring (bicyclic) bond motifs is 2. The molecular formula is C62H110O29S2. The van der Waals surface area contributed by atoms with E-state index in [1.807, 2.05) is 10.8 Å². The first-order valence-corrected chi connectivity index (χ1v) is 34.3. The number of thiophene rings is 2. The summed E-state index contributed by atoms with van der Waals surface area (Å²) in [7, 11) is 0. The molecule has 2 aromatic rings. The van der Waals surface area contributed by atoms with E-state index in [0.29, 0.717) is 330 Å². The second-order valence-electron chi connectivity index (χ2n) is 19.8. The van der Waals surface area contributed by atoms with Crippen LogP contribution in [0.3, 0.4) is 0 Å². The topological polar surface area (TPSA) is 290 Å². The first kappa shape index (κ1) is 83.0. The van der Waals surface area contributed by atoms with Crippen molar-refractivity contribution in [1.82, 2.24) is 0 Å². The van der Waals surface area contributed by atoms with Crippen molar-refractivity contribution in [3.05, 3.63) is 20.5 Å². The molecule has 0 spiro atoms. The van der Waals surface area contributed by atoms with Gasteiger partial charge in [-0.25, -0.2) is 0 Å². The van der Waals surface area contributed by atoms with E-state index in [2.05, 4.69) is 0 Å². The summed E-state index contributed by atoms with van der Waals surface area (Å²) in [5, 5.41) is 24.4. The van der Waals surface area contributed by atoms with Crippen molar-refractivity contribution < 1.29 is 138 Å². The lowest BCUT2D eigenvalue weighted by molar-refractivity contribution is -0.0323. The molecule has 29 nitrogen and oxygen atoms in total. The average molecular weight is 1380 g/mol. The van der Waals surface area contributed by atoms with Crippen LogP contribution in [0.1, 0.15) is 9.75 Å². The van der Waals surface area contributed by atoms with Crippen LogP contribution in [0.5, 0.6) is 23.0 Å². The first-order chi connectivity index (χ1) is 46.2. The molecule has 0 radical (unpaired) electrons. The molecule has 0 amide bonds. The van der Waals surface area contributed by atoms with Gasteiger partial charge in [0.1, 0.15) is 26.4 Å². The van der Waals surface area contributed by atoms with Crippen LogP contribution < -0.4 is 18.9 Å². The third kappa shape index (κ3) is 49.7. The van der Waals surface area contributed by atoms with Gasteiger partial charge in [0.15, 0.2) is 23.0 Å². The molecule has 2 aliphatic rings. The minimum Gasteiger partial charge on any atom is -0.485 e.